The first-order valence-electron chi connectivity index (χ1n) is 9.31. The molecule has 3 aromatic rings. The Morgan fingerprint density at radius 3 is 2.13 bits per heavy atom. The summed E-state index contributed by atoms with van der Waals surface area (Å²) in [6, 6.07) is 15.7. The van der Waals surface area contributed by atoms with Crippen molar-refractivity contribution in [3.63, 3.8) is 0 Å². The minimum atomic E-state index is -4.52. The van der Waals surface area contributed by atoms with E-state index in [2.05, 4.69) is 22.6 Å². The van der Waals surface area contributed by atoms with Gasteiger partial charge in [0.05, 0.1) is 11.4 Å². The lowest BCUT2D eigenvalue weighted by molar-refractivity contribution is -0.141. The third-order valence-corrected chi connectivity index (χ3v) is 5.37. The Bertz CT molecular complexity index is 996. The standard InChI is InChI=1S/C23H22F3N3S/c1-4-14-28(15-5-2)30-20-12-10-19(11-13-20)29-21(16-22(27-29)23(24,25)26)18-8-6-17(3)7-9-18/h4-13,16H,1-2,14-15H2,3H3. The molecule has 0 aliphatic heterocycles. The molecule has 0 amide bonds. The van der Waals surface area contributed by atoms with Crippen LogP contribution in [0, 0.1) is 6.92 Å². The molecule has 0 saturated carbocycles. The zero-order valence-electron chi connectivity index (χ0n) is 16.6. The molecule has 0 atom stereocenters. The highest BCUT2D eigenvalue weighted by Gasteiger charge is 2.35. The van der Waals surface area contributed by atoms with Crippen LogP contribution in [-0.2, 0) is 6.18 Å². The highest BCUT2D eigenvalue weighted by Crippen LogP contribution is 2.34. The van der Waals surface area contributed by atoms with Crippen LogP contribution in [-0.4, -0.2) is 27.2 Å². The number of nitrogens with zero attached hydrogens (tertiary/aromatic N) is 3. The Labute approximate surface area is 178 Å². The van der Waals surface area contributed by atoms with Crippen LogP contribution in [0.3, 0.4) is 0 Å². The second-order valence-corrected chi connectivity index (χ2v) is 7.87. The summed E-state index contributed by atoms with van der Waals surface area (Å²) >= 11 is 1.53. The fourth-order valence-electron chi connectivity index (χ4n) is 2.88. The first-order chi connectivity index (χ1) is 14.3. The van der Waals surface area contributed by atoms with E-state index in [0.29, 0.717) is 30.0 Å². The summed E-state index contributed by atoms with van der Waals surface area (Å²) in [6.07, 6.45) is -0.904. The number of benzene rings is 2. The van der Waals surface area contributed by atoms with Crippen LogP contribution in [0.1, 0.15) is 11.3 Å². The van der Waals surface area contributed by atoms with Gasteiger partial charge in [-0.3, -0.25) is 0 Å². The van der Waals surface area contributed by atoms with Crippen LogP contribution >= 0.6 is 11.9 Å². The van der Waals surface area contributed by atoms with Crippen molar-refractivity contribution >= 4 is 11.9 Å². The van der Waals surface area contributed by atoms with Gasteiger partial charge in [0.25, 0.3) is 0 Å². The van der Waals surface area contributed by atoms with E-state index < -0.39 is 11.9 Å². The number of hydrogen-bond donors (Lipinski definition) is 0. The minimum absolute atomic E-state index is 0.391. The third kappa shape index (κ3) is 5.23. The molecular weight excluding hydrogens is 407 g/mol. The van der Waals surface area contributed by atoms with E-state index in [-0.39, 0.29) is 0 Å². The lowest BCUT2D eigenvalue weighted by atomic mass is 10.1. The average Bonchev–Trinajstić information content (AvgIpc) is 3.15. The summed E-state index contributed by atoms with van der Waals surface area (Å²) < 4.78 is 43.4. The molecule has 0 radical (unpaired) electrons. The molecule has 0 bridgehead atoms. The summed E-state index contributed by atoms with van der Waals surface area (Å²) in [7, 11) is 0. The lowest BCUT2D eigenvalue weighted by Gasteiger charge is -2.17. The molecule has 2 aromatic carbocycles. The van der Waals surface area contributed by atoms with Crippen molar-refractivity contribution in [2.45, 2.75) is 18.0 Å². The van der Waals surface area contributed by atoms with Crippen molar-refractivity contribution in [2.24, 2.45) is 0 Å². The summed E-state index contributed by atoms with van der Waals surface area (Å²) in [5, 5.41) is 3.85. The number of aromatic nitrogens is 2. The van der Waals surface area contributed by atoms with Gasteiger partial charge in [-0.05, 0) is 49.2 Å². The Balaban J connectivity index is 1.96. The molecule has 156 valence electrons. The van der Waals surface area contributed by atoms with Gasteiger partial charge in [0.2, 0.25) is 0 Å². The molecule has 0 unspecified atom stereocenters. The van der Waals surface area contributed by atoms with E-state index in [1.54, 1.807) is 36.4 Å². The number of rotatable bonds is 8. The van der Waals surface area contributed by atoms with Crippen molar-refractivity contribution in [2.75, 3.05) is 13.1 Å². The fourth-order valence-corrected chi connectivity index (χ4v) is 3.80. The van der Waals surface area contributed by atoms with Gasteiger partial charge < -0.3 is 0 Å². The van der Waals surface area contributed by atoms with E-state index in [9.17, 15) is 13.2 Å². The van der Waals surface area contributed by atoms with Crippen LogP contribution in [0.5, 0.6) is 0 Å². The monoisotopic (exact) mass is 429 g/mol. The molecule has 7 heteroatoms. The SMILES string of the molecule is C=CCN(CC=C)Sc1ccc(-n2nc(C(F)(F)F)cc2-c2ccc(C)cc2)cc1. The first-order valence-corrected chi connectivity index (χ1v) is 10.1. The molecule has 3 rings (SSSR count). The maximum atomic E-state index is 13.3. The molecule has 0 N–H and O–H groups in total. The van der Waals surface area contributed by atoms with Crippen LogP contribution in [0.2, 0.25) is 0 Å². The number of hydrogen-bond acceptors (Lipinski definition) is 3. The molecule has 30 heavy (non-hydrogen) atoms. The number of halogens is 3. The van der Waals surface area contributed by atoms with E-state index in [0.717, 1.165) is 16.5 Å². The highest BCUT2D eigenvalue weighted by molar-refractivity contribution is 7.97. The predicted octanol–water partition coefficient (Wildman–Crippen LogP) is 6.55. The molecule has 1 heterocycles. The van der Waals surface area contributed by atoms with Gasteiger partial charge in [0, 0.05) is 23.5 Å². The molecule has 0 saturated heterocycles. The van der Waals surface area contributed by atoms with Crippen LogP contribution in [0.4, 0.5) is 13.2 Å². The summed E-state index contributed by atoms with van der Waals surface area (Å²) in [5.74, 6) is 0. The van der Waals surface area contributed by atoms with Crippen molar-refractivity contribution in [3.05, 3.63) is 91.2 Å². The van der Waals surface area contributed by atoms with Crippen LogP contribution in [0.25, 0.3) is 16.9 Å². The average molecular weight is 430 g/mol. The van der Waals surface area contributed by atoms with Crippen molar-refractivity contribution < 1.29 is 13.2 Å². The zero-order valence-corrected chi connectivity index (χ0v) is 17.4. The van der Waals surface area contributed by atoms with Gasteiger partial charge in [-0.1, -0.05) is 42.0 Å². The topological polar surface area (TPSA) is 21.1 Å². The fraction of sp³-hybridized carbons (Fsp3) is 0.174. The molecule has 0 aliphatic rings. The molecule has 3 nitrogen and oxygen atoms in total. The highest BCUT2D eigenvalue weighted by atomic mass is 32.2. The van der Waals surface area contributed by atoms with Crippen molar-refractivity contribution in [1.29, 1.82) is 0 Å². The molecule has 0 aliphatic carbocycles. The van der Waals surface area contributed by atoms with E-state index >= 15 is 0 Å². The van der Waals surface area contributed by atoms with Gasteiger partial charge in [0.15, 0.2) is 5.69 Å². The number of alkyl halides is 3. The maximum absolute atomic E-state index is 13.3. The van der Waals surface area contributed by atoms with E-state index in [4.69, 9.17) is 0 Å². The zero-order chi connectivity index (χ0) is 21.7. The van der Waals surface area contributed by atoms with Gasteiger partial charge in [0.1, 0.15) is 0 Å². The Hall–Kier alpha value is -2.77. The molecule has 1 aromatic heterocycles. The van der Waals surface area contributed by atoms with E-state index in [1.165, 1.54) is 16.6 Å². The third-order valence-electron chi connectivity index (χ3n) is 4.33. The van der Waals surface area contributed by atoms with Crippen LogP contribution in [0.15, 0.2) is 84.8 Å². The number of aryl methyl sites for hydroxylation is 1. The summed E-state index contributed by atoms with van der Waals surface area (Å²) in [4.78, 5) is 0.961. The minimum Gasteiger partial charge on any atom is -0.239 e. The summed E-state index contributed by atoms with van der Waals surface area (Å²) in [6.45, 7) is 10.8. The lowest BCUT2D eigenvalue weighted by Crippen LogP contribution is -2.15. The van der Waals surface area contributed by atoms with Gasteiger partial charge in [-0.15, -0.1) is 13.2 Å². The Morgan fingerprint density at radius 2 is 1.60 bits per heavy atom. The summed E-state index contributed by atoms with van der Waals surface area (Å²) in [5.41, 5.74) is 1.74. The second-order valence-electron chi connectivity index (χ2n) is 6.70. The van der Waals surface area contributed by atoms with E-state index in [1.807, 2.05) is 31.2 Å². The molecular formula is C23H22F3N3S. The predicted molar refractivity (Wildman–Crippen MR) is 117 cm³/mol. The largest absolute Gasteiger partial charge is 0.435 e. The Kier molecular flexibility index (Phi) is 6.84. The van der Waals surface area contributed by atoms with Crippen molar-refractivity contribution in [1.82, 2.24) is 14.1 Å². The van der Waals surface area contributed by atoms with Gasteiger partial charge in [-0.2, -0.15) is 18.3 Å². The smallest absolute Gasteiger partial charge is 0.239 e. The molecule has 0 spiro atoms. The molecule has 0 fully saturated rings. The first kappa shape index (κ1) is 21.9. The quantitative estimate of drug-likeness (QED) is 0.299. The second kappa shape index (κ2) is 9.36. The van der Waals surface area contributed by atoms with Crippen LogP contribution < -0.4 is 0 Å². The normalized spacial score (nSPS) is 11.6. The Morgan fingerprint density at radius 1 is 1.00 bits per heavy atom. The van der Waals surface area contributed by atoms with Gasteiger partial charge in [-0.25, -0.2) is 8.99 Å². The maximum Gasteiger partial charge on any atom is 0.435 e. The van der Waals surface area contributed by atoms with Crippen molar-refractivity contribution in [3.8, 4) is 16.9 Å². The van der Waals surface area contributed by atoms with Gasteiger partial charge >= 0.3 is 6.18 Å².